The zero-order valence-electron chi connectivity index (χ0n) is 12.8. The first-order valence-electron chi connectivity index (χ1n) is 6.15. The summed E-state index contributed by atoms with van der Waals surface area (Å²) >= 11 is 0. The zero-order valence-corrected chi connectivity index (χ0v) is 13.6. The molecular weight excluding hydrogens is 270 g/mol. The number of hydrogen-bond acceptors (Lipinski definition) is 5. The van der Waals surface area contributed by atoms with Gasteiger partial charge in [0.25, 0.3) is 0 Å². The zero-order chi connectivity index (χ0) is 15.7. The normalized spacial score (nSPS) is 13.4. The highest BCUT2D eigenvalue weighted by Gasteiger charge is 2.21. The second-order valence-electron chi connectivity index (χ2n) is 4.78. The third kappa shape index (κ3) is 13.8. The number of ether oxygens (including phenoxy) is 1. The van der Waals surface area contributed by atoms with Crippen LogP contribution in [0.4, 0.5) is 0 Å². The molecule has 0 fully saturated rings. The van der Waals surface area contributed by atoms with Crippen molar-refractivity contribution >= 4 is 10.4 Å². The van der Waals surface area contributed by atoms with Gasteiger partial charge in [-0.2, -0.15) is 0 Å². The maximum Gasteiger partial charge on any atom is 0.217 e. The SMILES string of the molecule is C=C(C)COC(C)[N+](C)(C)CC.CCOS(=O)(=O)[O-]. The van der Waals surface area contributed by atoms with Crippen molar-refractivity contribution < 1.29 is 26.4 Å². The van der Waals surface area contributed by atoms with Crippen LogP contribution in [0.3, 0.4) is 0 Å². The lowest BCUT2D eigenvalue weighted by Gasteiger charge is -2.34. The molecule has 0 saturated heterocycles. The molecule has 6 nitrogen and oxygen atoms in total. The van der Waals surface area contributed by atoms with Crippen LogP contribution in [0.2, 0.25) is 0 Å². The van der Waals surface area contributed by atoms with Crippen molar-refractivity contribution in [2.45, 2.75) is 33.9 Å². The molecule has 116 valence electrons. The highest BCUT2D eigenvalue weighted by atomic mass is 32.3. The summed E-state index contributed by atoms with van der Waals surface area (Å²) in [6, 6.07) is 0. The molecule has 0 saturated carbocycles. The van der Waals surface area contributed by atoms with Crippen LogP contribution in [0.1, 0.15) is 27.7 Å². The van der Waals surface area contributed by atoms with Gasteiger partial charge in [-0.1, -0.05) is 12.2 Å². The summed E-state index contributed by atoms with van der Waals surface area (Å²) < 4.78 is 38.5. The van der Waals surface area contributed by atoms with Gasteiger partial charge in [-0.25, -0.2) is 8.42 Å². The first-order valence-corrected chi connectivity index (χ1v) is 7.48. The summed E-state index contributed by atoms with van der Waals surface area (Å²) in [5.41, 5.74) is 1.08. The van der Waals surface area contributed by atoms with Crippen molar-refractivity contribution in [3.05, 3.63) is 12.2 Å². The first kappa shape index (κ1) is 20.8. The van der Waals surface area contributed by atoms with E-state index in [2.05, 4.69) is 38.7 Å². The van der Waals surface area contributed by atoms with Crippen molar-refractivity contribution in [3.63, 3.8) is 0 Å². The molecular formula is C12H27NO5S. The Balaban J connectivity index is 0. The number of quaternary nitrogens is 1. The molecule has 1 unspecified atom stereocenters. The third-order valence-electron chi connectivity index (χ3n) is 2.63. The van der Waals surface area contributed by atoms with Crippen molar-refractivity contribution in [2.75, 3.05) is 33.9 Å². The van der Waals surface area contributed by atoms with Crippen LogP contribution in [0.5, 0.6) is 0 Å². The van der Waals surface area contributed by atoms with Crippen LogP contribution in [0.25, 0.3) is 0 Å². The van der Waals surface area contributed by atoms with Crippen LogP contribution in [-0.2, 0) is 19.3 Å². The maximum atomic E-state index is 9.45. The average Bonchev–Trinajstić information content (AvgIpc) is 2.24. The second kappa shape index (κ2) is 9.44. The van der Waals surface area contributed by atoms with E-state index in [1.807, 2.05) is 6.92 Å². The Labute approximate surface area is 117 Å². The smallest absolute Gasteiger partial charge is 0.217 e. The van der Waals surface area contributed by atoms with Crippen LogP contribution < -0.4 is 0 Å². The Hall–Kier alpha value is -0.470. The number of hydrogen-bond donors (Lipinski definition) is 0. The molecule has 7 heteroatoms. The summed E-state index contributed by atoms with van der Waals surface area (Å²) in [4.78, 5) is 0. The summed E-state index contributed by atoms with van der Waals surface area (Å²) in [6.07, 6.45) is 0.242. The van der Waals surface area contributed by atoms with E-state index in [1.165, 1.54) is 6.92 Å². The highest BCUT2D eigenvalue weighted by molar-refractivity contribution is 7.80. The quantitative estimate of drug-likeness (QED) is 0.234. The Morgan fingerprint density at radius 1 is 1.37 bits per heavy atom. The van der Waals surface area contributed by atoms with Crippen molar-refractivity contribution in [2.24, 2.45) is 0 Å². The van der Waals surface area contributed by atoms with Crippen molar-refractivity contribution in [1.29, 1.82) is 0 Å². The molecule has 0 aliphatic heterocycles. The minimum atomic E-state index is -4.42. The van der Waals surface area contributed by atoms with E-state index in [0.29, 0.717) is 6.61 Å². The Morgan fingerprint density at radius 3 is 2.05 bits per heavy atom. The molecule has 19 heavy (non-hydrogen) atoms. The molecule has 0 aromatic heterocycles. The molecule has 0 heterocycles. The van der Waals surface area contributed by atoms with Gasteiger partial charge in [-0.05, 0) is 20.8 Å². The number of rotatable bonds is 7. The molecule has 0 bridgehead atoms. The minimum absolute atomic E-state index is 0.0914. The van der Waals surface area contributed by atoms with E-state index >= 15 is 0 Å². The Kier molecular flexibility index (Phi) is 10.4. The lowest BCUT2D eigenvalue weighted by molar-refractivity contribution is -0.933. The van der Waals surface area contributed by atoms with Crippen LogP contribution in [0.15, 0.2) is 12.2 Å². The molecule has 0 aliphatic rings. The summed E-state index contributed by atoms with van der Waals surface area (Å²) in [7, 11) is -0.0847. The topological polar surface area (TPSA) is 75.7 Å². The molecule has 1 atom stereocenters. The monoisotopic (exact) mass is 297 g/mol. The molecule has 0 aromatic carbocycles. The van der Waals surface area contributed by atoms with Gasteiger partial charge in [0.15, 0.2) is 6.23 Å². The van der Waals surface area contributed by atoms with E-state index in [4.69, 9.17) is 4.74 Å². The van der Waals surface area contributed by atoms with Crippen LogP contribution in [0, 0.1) is 0 Å². The fraction of sp³-hybridized carbons (Fsp3) is 0.833. The van der Waals surface area contributed by atoms with Gasteiger partial charge in [-0.3, -0.25) is 4.18 Å². The van der Waals surface area contributed by atoms with Gasteiger partial charge in [0, 0.05) is 6.92 Å². The van der Waals surface area contributed by atoms with Crippen LogP contribution in [-0.4, -0.2) is 57.5 Å². The Bertz CT molecular complexity index is 351. The molecule has 0 spiro atoms. The number of nitrogens with zero attached hydrogens (tertiary/aromatic N) is 1. The standard InChI is InChI=1S/C10H22NO.C2H6O4S/c1-7-11(5,6)10(4)12-8-9(2)3;1-2-6-7(3,4)5/h10H,2,7-8H2,1,3-6H3;2H2,1H3,(H,3,4,5)/q+1;/p-1. The summed E-state index contributed by atoms with van der Waals surface area (Å²) in [5, 5.41) is 0. The van der Waals surface area contributed by atoms with E-state index < -0.39 is 10.4 Å². The van der Waals surface area contributed by atoms with E-state index in [-0.39, 0.29) is 12.8 Å². The molecule has 0 amide bonds. The average molecular weight is 297 g/mol. The van der Waals surface area contributed by atoms with Crippen molar-refractivity contribution in [3.8, 4) is 0 Å². The lowest BCUT2D eigenvalue weighted by atomic mass is 10.4. The Morgan fingerprint density at radius 2 is 1.84 bits per heavy atom. The minimum Gasteiger partial charge on any atom is -0.726 e. The van der Waals surface area contributed by atoms with Gasteiger partial charge >= 0.3 is 0 Å². The van der Waals surface area contributed by atoms with Gasteiger partial charge in [0.2, 0.25) is 10.4 Å². The van der Waals surface area contributed by atoms with Gasteiger partial charge in [-0.15, -0.1) is 0 Å². The summed E-state index contributed by atoms with van der Waals surface area (Å²) in [6.45, 7) is 13.1. The first-order chi connectivity index (χ1) is 8.46. The molecule has 0 rings (SSSR count). The fourth-order valence-electron chi connectivity index (χ4n) is 0.866. The van der Waals surface area contributed by atoms with Crippen molar-refractivity contribution in [1.82, 2.24) is 0 Å². The van der Waals surface area contributed by atoms with E-state index in [1.54, 1.807) is 0 Å². The van der Waals surface area contributed by atoms with Gasteiger partial charge in [0.1, 0.15) is 0 Å². The maximum absolute atomic E-state index is 9.45. The second-order valence-corrected chi connectivity index (χ2v) is 5.83. The van der Waals surface area contributed by atoms with E-state index in [9.17, 15) is 13.0 Å². The van der Waals surface area contributed by atoms with Gasteiger partial charge in [0.05, 0.1) is 33.9 Å². The third-order valence-corrected chi connectivity index (χ3v) is 3.16. The summed E-state index contributed by atoms with van der Waals surface area (Å²) in [5.74, 6) is 0. The lowest BCUT2D eigenvalue weighted by Crippen LogP contribution is -2.48. The highest BCUT2D eigenvalue weighted by Crippen LogP contribution is 2.07. The fourth-order valence-corrected chi connectivity index (χ4v) is 1.15. The molecule has 0 N–H and O–H groups in total. The largest absolute Gasteiger partial charge is 0.726 e. The predicted octanol–water partition coefficient (Wildman–Crippen LogP) is 1.50. The molecule has 0 aromatic rings. The predicted molar refractivity (Wildman–Crippen MR) is 74.2 cm³/mol. The van der Waals surface area contributed by atoms with E-state index in [0.717, 1.165) is 16.6 Å². The van der Waals surface area contributed by atoms with Gasteiger partial charge < -0.3 is 13.8 Å². The molecule has 0 radical (unpaired) electrons. The van der Waals surface area contributed by atoms with Crippen LogP contribution >= 0.6 is 0 Å². The molecule has 0 aliphatic carbocycles.